The molecule has 0 radical (unpaired) electrons. The number of nitrogens with zero attached hydrogens (tertiary/aromatic N) is 1. The third kappa shape index (κ3) is 3.85. The standard InChI is InChI=1S/C16H19N3/c1-3-13-9-11-15(12-10-13)19-16(17-2)18-14-7-5-4-6-8-14/h4-12H,3H2,1-2H3,(H2,17,18,19). The number of hydrogen-bond donors (Lipinski definition) is 2. The number of guanidine groups is 1. The normalized spacial score (nSPS) is 11.2. The van der Waals surface area contributed by atoms with Gasteiger partial charge in [-0.05, 0) is 36.2 Å². The molecule has 0 unspecified atom stereocenters. The van der Waals surface area contributed by atoms with Gasteiger partial charge in [0, 0.05) is 18.4 Å². The van der Waals surface area contributed by atoms with Crippen molar-refractivity contribution in [3.8, 4) is 0 Å². The first-order chi connectivity index (χ1) is 9.31. The van der Waals surface area contributed by atoms with Crippen molar-refractivity contribution in [3.05, 3.63) is 60.2 Å². The molecule has 0 aliphatic heterocycles. The Morgan fingerprint density at radius 1 is 0.895 bits per heavy atom. The summed E-state index contributed by atoms with van der Waals surface area (Å²) in [7, 11) is 1.76. The van der Waals surface area contributed by atoms with Crippen LogP contribution in [0.2, 0.25) is 0 Å². The van der Waals surface area contributed by atoms with Gasteiger partial charge in [-0.15, -0.1) is 0 Å². The molecular formula is C16H19N3. The first-order valence-electron chi connectivity index (χ1n) is 6.46. The number of rotatable bonds is 3. The Labute approximate surface area is 114 Å². The Kier molecular flexibility index (Phi) is 4.56. The number of aryl methyl sites for hydroxylation is 1. The van der Waals surface area contributed by atoms with E-state index in [2.05, 4.69) is 46.8 Å². The molecule has 3 heteroatoms. The average Bonchev–Trinajstić information content (AvgIpc) is 2.48. The highest BCUT2D eigenvalue weighted by atomic mass is 15.2. The van der Waals surface area contributed by atoms with Gasteiger partial charge in [-0.1, -0.05) is 37.3 Å². The summed E-state index contributed by atoms with van der Waals surface area (Å²) in [5.41, 5.74) is 3.37. The molecule has 0 saturated carbocycles. The van der Waals surface area contributed by atoms with E-state index in [4.69, 9.17) is 0 Å². The Morgan fingerprint density at radius 3 is 2.00 bits per heavy atom. The highest BCUT2D eigenvalue weighted by Gasteiger charge is 1.99. The molecule has 3 nitrogen and oxygen atoms in total. The lowest BCUT2D eigenvalue weighted by Gasteiger charge is -2.12. The van der Waals surface area contributed by atoms with Gasteiger partial charge in [-0.25, -0.2) is 0 Å². The molecule has 0 aliphatic rings. The van der Waals surface area contributed by atoms with Crippen molar-refractivity contribution in [3.63, 3.8) is 0 Å². The van der Waals surface area contributed by atoms with Gasteiger partial charge in [0.05, 0.1) is 0 Å². The molecule has 2 aromatic carbocycles. The fourth-order valence-electron chi connectivity index (χ4n) is 1.76. The monoisotopic (exact) mass is 253 g/mol. The fraction of sp³-hybridized carbons (Fsp3) is 0.188. The number of nitrogens with one attached hydrogen (secondary N) is 2. The predicted octanol–water partition coefficient (Wildman–Crippen LogP) is 3.76. The molecule has 0 atom stereocenters. The number of aliphatic imine (C=N–C) groups is 1. The summed E-state index contributed by atoms with van der Waals surface area (Å²) in [4.78, 5) is 4.22. The van der Waals surface area contributed by atoms with Gasteiger partial charge in [0.2, 0.25) is 0 Å². The Hall–Kier alpha value is -2.29. The number of hydrogen-bond acceptors (Lipinski definition) is 1. The van der Waals surface area contributed by atoms with Gasteiger partial charge < -0.3 is 10.6 Å². The summed E-state index contributed by atoms with van der Waals surface area (Å²) >= 11 is 0. The highest BCUT2D eigenvalue weighted by molar-refractivity contribution is 6.03. The maximum absolute atomic E-state index is 4.22. The summed E-state index contributed by atoms with van der Waals surface area (Å²) < 4.78 is 0. The first kappa shape index (κ1) is 13.1. The molecule has 2 aromatic rings. The first-order valence-corrected chi connectivity index (χ1v) is 6.46. The second-order valence-electron chi connectivity index (χ2n) is 4.24. The van der Waals surface area contributed by atoms with Crippen molar-refractivity contribution in [2.75, 3.05) is 17.7 Å². The Bertz CT molecular complexity index is 530. The van der Waals surface area contributed by atoms with Crippen LogP contribution in [-0.4, -0.2) is 13.0 Å². The molecule has 98 valence electrons. The number of benzene rings is 2. The van der Waals surface area contributed by atoms with Crippen molar-refractivity contribution in [2.45, 2.75) is 13.3 Å². The van der Waals surface area contributed by atoms with Crippen LogP contribution >= 0.6 is 0 Å². The molecule has 0 fully saturated rings. The van der Waals surface area contributed by atoms with Crippen LogP contribution in [0.1, 0.15) is 12.5 Å². The molecule has 0 amide bonds. The van der Waals surface area contributed by atoms with Crippen LogP contribution in [0.3, 0.4) is 0 Å². The minimum atomic E-state index is 0.732. The van der Waals surface area contributed by atoms with Crippen LogP contribution < -0.4 is 10.6 Å². The van der Waals surface area contributed by atoms with E-state index in [1.54, 1.807) is 7.05 Å². The lowest BCUT2D eigenvalue weighted by atomic mass is 10.1. The van der Waals surface area contributed by atoms with Crippen LogP contribution in [0.4, 0.5) is 11.4 Å². The molecule has 0 saturated heterocycles. The van der Waals surface area contributed by atoms with Gasteiger partial charge in [0.15, 0.2) is 5.96 Å². The third-order valence-electron chi connectivity index (χ3n) is 2.89. The molecule has 0 aromatic heterocycles. The second kappa shape index (κ2) is 6.59. The van der Waals surface area contributed by atoms with Gasteiger partial charge in [0.1, 0.15) is 0 Å². The van der Waals surface area contributed by atoms with Gasteiger partial charge in [0.25, 0.3) is 0 Å². The zero-order valence-corrected chi connectivity index (χ0v) is 11.4. The highest BCUT2D eigenvalue weighted by Crippen LogP contribution is 2.11. The molecule has 0 bridgehead atoms. The number of para-hydroxylation sites is 1. The van der Waals surface area contributed by atoms with E-state index in [-0.39, 0.29) is 0 Å². The molecular weight excluding hydrogens is 234 g/mol. The molecule has 0 spiro atoms. The van der Waals surface area contributed by atoms with E-state index in [9.17, 15) is 0 Å². The van der Waals surface area contributed by atoms with Crippen LogP contribution in [0.15, 0.2) is 59.6 Å². The zero-order chi connectivity index (χ0) is 13.5. The largest absolute Gasteiger partial charge is 0.326 e. The second-order valence-corrected chi connectivity index (χ2v) is 4.24. The Balaban J connectivity index is 2.03. The number of anilines is 2. The molecule has 19 heavy (non-hydrogen) atoms. The van der Waals surface area contributed by atoms with E-state index in [0.29, 0.717) is 0 Å². The van der Waals surface area contributed by atoms with Crippen molar-refractivity contribution in [1.82, 2.24) is 0 Å². The molecule has 2 N–H and O–H groups in total. The van der Waals surface area contributed by atoms with Crippen molar-refractivity contribution in [1.29, 1.82) is 0 Å². The van der Waals surface area contributed by atoms with Crippen LogP contribution in [0.5, 0.6) is 0 Å². The maximum Gasteiger partial charge on any atom is 0.200 e. The summed E-state index contributed by atoms with van der Waals surface area (Å²) in [5.74, 6) is 0.732. The maximum atomic E-state index is 4.22. The van der Waals surface area contributed by atoms with Crippen LogP contribution in [0, 0.1) is 0 Å². The van der Waals surface area contributed by atoms with E-state index in [1.165, 1.54) is 5.56 Å². The minimum absolute atomic E-state index is 0.732. The van der Waals surface area contributed by atoms with Gasteiger partial charge in [-0.2, -0.15) is 0 Å². The topological polar surface area (TPSA) is 36.4 Å². The lowest BCUT2D eigenvalue weighted by Crippen LogP contribution is -2.21. The molecule has 2 rings (SSSR count). The van der Waals surface area contributed by atoms with Crippen LogP contribution in [-0.2, 0) is 6.42 Å². The quantitative estimate of drug-likeness (QED) is 0.645. The van der Waals surface area contributed by atoms with E-state index in [1.807, 2.05) is 30.3 Å². The van der Waals surface area contributed by atoms with E-state index >= 15 is 0 Å². The molecule has 0 aliphatic carbocycles. The van der Waals surface area contributed by atoms with Gasteiger partial charge in [-0.3, -0.25) is 4.99 Å². The van der Waals surface area contributed by atoms with E-state index < -0.39 is 0 Å². The lowest BCUT2D eigenvalue weighted by molar-refractivity contribution is 1.14. The Morgan fingerprint density at radius 2 is 1.47 bits per heavy atom. The summed E-state index contributed by atoms with van der Waals surface area (Å²) in [6, 6.07) is 18.4. The van der Waals surface area contributed by atoms with Crippen molar-refractivity contribution in [2.24, 2.45) is 4.99 Å². The minimum Gasteiger partial charge on any atom is -0.326 e. The van der Waals surface area contributed by atoms with Gasteiger partial charge >= 0.3 is 0 Å². The van der Waals surface area contributed by atoms with Crippen LogP contribution in [0.25, 0.3) is 0 Å². The zero-order valence-electron chi connectivity index (χ0n) is 11.4. The summed E-state index contributed by atoms with van der Waals surface area (Å²) in [6.07, 6.45) is 1.05. The van der Waals surface area contributed by atoms with Crippen molar-refractivity contribution < 1.29 is 0 Å². The summed E-state index contributed by atoms with van der Waals surface area (Å²) in [5, 5.41) is 6.51. The summed E-state index contributed by atoms with van der Waals surface area (Å²) in [6.45, 7) is 2.15. The fourth-order valence-corrected chi connectivity index (χ4v) is 1.76. The molecule has 0 heterocycles. The third-order valence-corrected chi connectivity index (χ3v) is 2.89. The average molecular weight is 253 g/mol. The van der Waals surface area contributed by atoms with E-state index in [0.717, 1.165) is 23.8 Å². The smallest absolute Gasteiger partial charge is 0.200 e. The predicted molar refractivity (Wildman–Crippen MR) is 82.9 cm³/mol. The SMILES string of the molecule is CCc1ccc(NC(=NC)Nc2ccccc2)cc1. The van der Waals surface area contributed by atoms with Crippen molar-refractivity contribution >= 4 is 17.3 Å².